The SMILES string of the molecule is CCOC(=O)/C(=C(/O)c1ccc(F)cc1)c1cc(Br)ccc1[N+](=O)[O-]. The molecule has 2 aromatic carbocycles. The van der Waals surface area contributed by atoms with Crippen molar-refractivity contribution in [2.75, 3.05) is 6.61 Å². The molecule has 6 nitrogen and oxygen atoms in total. The van der Waals surface area contributed by atoms with Gasteiger partial charge in [-0.25, -0.2) is 9.18 Å². The highest BCUT2D eigenvalue weighted by Gasteiger charge is 2.27. The number of hydrogen-bond donors (Lipinski definition) is 1. The quantitative estimate of drug-likeness (QED) is 0.196. The van der Waals surface area contributed by atoms with Gasteiger partial charge in [0.25, 0.3) is 5.69 Å². The lowest BCUT2D eigenvalue weighted by molar-refractivity contribution is -0.385. The van der Waals surface area contributed by atoms with Crippen molar-refractivity contribution in [3.63, 3.8) is 0 Å². The average molecular weight is 410 g/mol. The van der Waals surface area contributed by atoms with Crippen molar-refractivity contribution in [2.24, 2.45) is 0 Å². The van der Waals surface area contributed by atoms with Crippen molar-refractivity contribution in [3.05, 3.63) is 74.0 Å². The van der Waals surface area contributed by atoms with Crippen molar-refractivity contribution < 1.29 is 24.0 Å². The number of hydrogen-bond acceptors (Lipinski definition) is 5. The van der Waals surface area contributed by atoms with Gasteiger partial charge in [0.05, 0.1) is 17.1 Å². The van der Waals surface area contributed by atoms with Crippen molar-refractivity contribution in [1.29, 1.82) is 0 Å². The molecule has 0 spiro atoms. The third kappa shape index (κ3) is 4.21. The third-order valence-electron chi connectivity index (χ3n) is 3.26. The lowest BCUT2D eigenvalue weighted by atomic mass is 9.99. The van der Waals surface area contributed by atoms with Crippen molar-refractivity contribution in [2.45, 2.75) is 6.92 Å². The van der Waals surface area contributed by atoms with Crippen molar-refractivity contribution in [3.8, 4) is 0 Å². The van der Waals surface area contributed by atoms with Crippen LogP contribution in [0.2, 0.25) is 0 Å². The van der Waals surface area contributed by atoms with Gasteiger partial charge in [-0.15, -0.1) is 0 Å². The molecule has 0 bridgehead atoms. The summed E-state index contributed by atoms with van der Waals surface area (Å²) < 4.78 is 18.5. The number of halogens is 2. The minimum Gasteiger partial charge on any atom is -0.506 e. The lowest BCUT2D eigenvalue weighted by Gasteiger charge is -2.11. The summed E-state index contributed by atoms with van der Waals surface area (Å²) in [6.07, 6.45) is 0. The van der Waals surface area contributed by atoms with Crippen LogP contribution in [0.4, 0.5) is 10.1 Å². The fourth-order valence-corrected chi connectivity index (χ4v) is 2.52. The number of aliphatic hydroxyl groups is 1. The van der Waals surface area contributed by atoms with Gasteiger partial charge in [-0.1, -0.05) is 15.9 Å². The van der Waals surface area contributed by atoms with Gasteiger partial charge in [0.15, 0.2) is 0 Å². The van der Waals surface area contributed by atoms with Gasteiger partial charge in [0.1, 0.15) is 17.1 Å². The number of nitrogens with zero attached hydrogens (tertiary/aromatic N) is 1. The van der Waals surface area contributed by atoms with Crippen LogP contribution in [0.5, 0.6) is 0 Å². The molecule has 0 amide bonds. The Labute approximate surface area is 150 Å². The van der Waals surface area contributed by atoms with E-state index in [1.807, 2.05) is 0 Å². The molecule has 2 aromatic rings. The number of rotatable bonds is 5. The smallest absolute Gasteiger partial charge is 0.342 e. The molecule has 0 fully saturated rings. The summed E-state index contributed by atoms with van der Waals surface area (Å²) in [4.78, 5) is 23.0. The molecule has 0 aliphatic rings. The Balaban J connectivity index is 2.75. The number of nitro benzene ring substituents is 1. The van der Waals surface area contributed by atoms with Crippen LogP contribution in [-0.4, -0.2) is 22.6 Å². The largest absolute Gasteiger partial charge is 0.506 e. The molecule has 0 aliphatic carbocycles. The summed E-state index contributed by atoms with van der Waals surface area (Å²) in [7, 11) is 0. The number of aliphatic hydroxyl groups excluding tert-OH is 1. The van der Waals surface area contributed by atoms with Crippen LogP contribution in [0.1, 0.15) is 18.1 Å². The highest BCUT2D eigenvalue weighted by Crippen LogP contribution is 2.34. The van der Waals surface area contributed by atoms with E-state index in [4.69, 9.17) is 4.74 Å². The second-order valence-corrected chi connectivity index (χ2v) is 5.79. The minimum atomic E-state index is -0.925. The summed E-state index contributed by atoms with van der Waals surface area (Å²) in [5.74, 6) is -1.99. The van der Waals surface area contributed by atoms with Gasteiger partial charge < -0.3 is 9.84 Å². The molecule has 25 heavy (non-hydrogen) atoms. The Hall–Kier alpha value is -2.74. The van der Waals surface area contributed by atoms with E-state index in [1.165, 1.54) is 30.3 Å². The minimum absolute atomic E-state index is 0.0147. The molecule has 0 aliphatic heterocycles. The van der Waals surface area contributed by atoms with E-state index in [-0.39, 0.29) is 29.0 Å². The molecule has 0 unspecified atom stereocenters. The predicted molar refractivity (Wildman–Crippen MR) is 93.3 cm³/mol. The maximum Gasteiger partial charge on any atom is 0.342 e. The van der Waals surface area contributed by atoms with E-state index in [0.717, 1.165) is 12.1 Å². The standard InChI is InChI=1S/C17H13BrFNO5/c1-2-25-17(22)15(16(21)10-3-6-12(19)7-4-10)13-9-11(18)5-8-14(13)20(23)24/h3-9,21H,2H2,1H3/b16-15+. The zero-order chi connectivity index (χ0) is 18.6. The summed E-state index contributed by atoms with van der Waals surface area (Å²) in [6.45, 7) is 1.58. The van der Waals surface area contributed by atoms with Crippen LogP contribution >= 0.6 is 15.9 Å². The van der Waals surface area contributed by atoms with Crippen LogP contribution in [0, 0.1) is 15.9 Å². The van der Waals surface area contributed by atoms with Gasteiger partial charge in [-0.3, -0.25) is 10.1 Å². The number of carbonyl (C=O) groups is 1. The third-order valence-corrected chi connectivity index (χ3v) is 3.75. The van der Waals surface area contributed by atoms with Crippen LogP contribution in [0.15, 0.2) is 46.9 Å². The van der Waals surface area contributed by atoms with Crippen molar-refractivity contribution in [1.82, 2.24) is 0 Å². The zero-order valence-electron chi connectivity index (χ0n) is 13.0. The van der Waals surface area contributed by atoms with Crippen LogP contribution in [0.3, 0.4) is 0 Å². The van der Waals surface area contributed by atoms with Crippen LogP contribution in [0.25, 0.3) is 11.3 Å². The molecule has 1 N–H and O–H groups in total. The number of ether oxygens (including phenoxy) is 1. The first kappa shape index (κ1) is 18.6. The number of benzene rings is 2. The van der Waals surface area contributed by atoms with E-state index in [2.05, 4.69) is 15.9 Å². The maximum absolute atomic E-state index is 13.1. The number of esters is 1. The first-order valence-corrected chi connectivity index (χ1v) is 7.95. The Morgan fingerprint density at radius 3 is 2.48 bits per heavy atom. The molecule has 0 saturated heterocycles. The van der Waals surface area contributed by atoms with E-state index < -0.39 is 22.5 Å². The Bertz CT molecular complexity index is 849. The fraction of sp³-hybridized carbons (Fsp3) is 0.118. The molecule has 0 radical (unpaired) electrons. The Kier molecular flexibility index (Phi) is 5.87. The monoisotopic (exact) mass is 409 g/mol. The number of nitro groups is 1. The molecule has 0 atom stereocenters. The Morgan fingerprint density at radius 1 is 1.28 bits per heavy atom. The van der Waals surface area contributed by atoms with Crippen LogP contribution in [-0.2, 0) is 9.53 Å². The molecule has 130 valence electrons. The lowest BCUT2D eigenvalue weighted by Crippen LogP contribution is -2.11. The molecule has 2 rings (SSSR count). The topological polar surface area (TPSA) is 89.7 Å². The normalized spacial score (nSPS) is 11.6. The summed E-state index contributed by atoms with van der Waals surface area (Å²) in [5.41, 5.74) is -0.736. The summed E-state index contributed by atoms with van der Waals surface area (Å²) >= 11 is 3.19. The van der Waals surface area contributed by atoms with E-state index in [0.29, 0.717) is 4.47 Å². The zero-order valence-corrected chi connectivity index (χ0v) is 14.6. The van der Waals surface area contributed by atoms with E-state index in [1.54, 1.807) is 6.92 Å². The van der Waals surface area contributed by atoms with E-state index in [9.17, 15) is 24.4 Å². The molecule has 0 heterocycles. The fourth-order valence-electron chi connectivity index (χ4n) is 2.16. The second-order valence-electron chi connectivity index (χ2n) is 4.87. The Morgan fingerprint density at radius 2 is 1.92 bits per heavy atom. The number of carbonyl (C=O) groups excluding carboxylic acids is 1. The summed E-state index contributed by atoms with van der Waals surface area (Å²) in [6, 6.07) is 8.70. The highest BCUT2D eigenvalue weighted by molar-refractivity contribution is 9.10. The maximum atomic E-state index is 13.1. The predicted octanol–water partition coefficient (Wildman–Crippen LogP) is 4.49. The van der Waals surface area contributed by atoms with Crippen LogP contribution < -0.4 is 0 Å². The van der Waals surface area contributed by atoms with Gasteiger partial charge >= 0.3 is 5.97 Å². The van der Waals surface area contributed by atoms with Gasteiger partial charge in [0.2, 0.25) is 0 Å². The first-order valence-electron chi connectivity index (χ1n) is 7.15. The average Bonchev–Trinajstić information content (AvgIpc) is 2.55. The summed E-state index contributed by atoms with van der Waals surface area (Å²) in [5, 5.41) is 21.8. The highest BCUT2D eigenvalue weighted by atomic mass is 79.9. The second kappa shape index (κ2) is 7.89. The van der Waals surface area contributed by atoms with E-state index >= 15 is 0 Å². The molecule has 0 saturated carbocycles. The molecular formula is C17H13BrFNO5. The van der Waals surface area contributed by atoms with Gasteiger partial charge in [-0.2, -0.15) is 0 Å². The molecule has 0 aromatic heterocycles. The van der Waals surface area contributed by atoms with Gasteiger partial charge in [0, 0.05) is 16.1 Å². The van der Waals surface area contributed by atoms with Crippen molar-refractivity contribution >= 4 is 38.9 Å². The first-order chi connectivity index (χ1) is 11.8. The molecule has 8 heteroatoms. The van der Waals surface area contributed by atoms with Gasteiger partial charge in [-0.05, 0) is 43.3 Å². The molecular weight excluding hydrogens is 397 g/mol.